The lowest BCUT2D eigenvalue weighted by Gasteiger charge is -2.42. The number of benzene rings is 2. The zero-order valence-electron chi connectivity index (χ0n) is 21.9. The molecular formula is C27H30ClN5O6S. The van der Waals surface area contributed by atoms with Gasteiger partial charge in [0.1, 0.15) is 0 Å². The topological polar surface area (TPSA) is 132 Å². The van der Waals surface area contributed by atoms with Gasteiger partial charge in [0, 0.05) is 42.6 Å². The highest BCUT2D eigenvalue weighted by Crippen LogP contribution is 2.27. The Kier molecular flexibility index (Phi) is 8.24. The smallest absolute Gasteiger partial charge is 0.331 e. The van der Waals surface area contributed by atoms with E-state index in [1.807, 2.05) is 12.1 Å². The maximum atomic E-state index is 13.5. The van der Waals surface area contributed by atoms with Crippen molar-refractivity contribution in [3.63, 3.8) is 0 Å². The third kappa shape index (κ3) is 5.77. The summed E-state index contributed by atoms with van der Waals surface area (Å²) in [6, 6.07) is 12.3. The number of hydrazine groups is 1. The number of rotatable bonds is 7. The number of piperidine rings is 1. The largest absolute Gasteiger partial charge is 0.467 e. The molecule has 1 aromatic heterocycles. The third-order valence-electron chi connectivity index (χ3n) is 7.30. The van der Waals surface area contributed by atoms with Gasteiger partial charge in [-0.25, -0.2) is 18.6 Å². The van der Waals surface area contributed by atoms with Gasteiger partial charge in [0.25, 0.3) is 5.91 Å². The van der Waals surface area contributed by atoms with Crippen molar-refractivity contribution < 1.29 is 27.9 Å². The first kappa shape index (κ1) is 28.2. The van der Waals surface area contributed by atoms with Gasteiger partial charge in [0.05, 0.1) is 30.9 Å². The highest BCUT2D eigenvalue weighted by atomic mass is 35.5. The maximum absolute atomic E-state index is 13.5. The maximum Gasteiger partial charge on any atom is 0.331 e. The average molecular weight is 588 g/mol. The summed E-state index contributed by atoms with van der Waals surface area (Å²) >= 11 is 6.04. The Bertz CT molecular complexity index is 1530. The molecule has 2 aliphatic rings. The predicted molar refractivity (Wildman–Crippen MR) is 149 cm³/mol. The van der Waals surface area contributed by atoms with Crippen LogP contribution in [0.3, 0.4) is 0 Å². The van der Waals surface area contributed by atoms with Crippen LogP contribution in [0.15, 0.2) is 59.6 Å². The van der Waals surface area contributed by atoms with Crippen LogP contribution >= 0.6 is 11.6 Å². The fourth-order valence-corrected chi connectivity index (χ4v) is 6.73. The molecule has 2 fully saturated rings. The van der Waals surface area contributed by atoms with E-state index < -0.39 is 34.5 Å². The highest BCUT2D eigenvalue weighted by Gasteiger charge is 2.43. The molecule has 5 rings (SSSR count). The number of esters is 1. The second-order valence-electron chi connectivity index (χ2n) is 9.81. The molecule has 0 bridgehead atoms. The average Bonchev–Trinajstić information content (AvgIpc) is 2.97. The molecule has 11 nitrogen and oxygen atoms in total. The molecule has 1 amide bonds. The van der Waals surface area contributed by atoms with Gasteiger partial charge in [0.15, 0.2) is 6.04 Å². The lowest BCUT2D eigenvalue weighted by atomic mass is 10.0. The number of amides is 1. The Morgan fingerprint density at radius 3 is 2.58 bits per heavy atom. The van der Waals surface area contributed by atoms with Crippen LogP contribution in [0.25, 0.3) is 10.8 Å². The Morgan fingerprint density at radius 2 is 1.85 bits per heavy atom. The minimum Gasteiger partial charge on any atom is -0.467 e. The standard InChI is InChI=1S/C27H30ClN5O6S/c1-39-27(36)25-15-32(40(37,38)24-5-3-18-12-20(28)4-2-19(18)13-24)16-26(35)33(25)30-21-7-10-31(11-8-21)23-6-9-29-22(14-23)17-34/h2-6,9,12-14,21,25,30,34H,7-8,10-11,15-17H2,1H3. The first-order chi connectivity index (χ1) is 19.2. The van der Waals surface area contributed by atoms with E-state index in [4.69, 9.17) is 16.3 Å². The summed E-state index contributed by atoms with van der Waals surface area (Å²) in [5.41, 5.74) is 4.72. The first-order valence-electron chi connectivity index (χ1n) is 12.9. The quantitative estimate of drug-likeness (QED) is 0.398. The number of methoxy groups -OCH3 is 1. The molecule has 212 valence electrons. The Labute approximate surface area is 237 Å². The summed E-state index contributed by atoms with van der Waals surface area (Å²) in [6.45, 7) is 0.574. The molecule has 0 saturated carbocycles. The summed E-state index contributed by atoms with van der Waals surface area (Å²) in [4.78, 5) is 32.3. The van der Waals surface area contributed by atoms with E-state index in [-0.39, 0.29) is 24.1 Å². The van der Waals surface area contributed by atoms with Crippen molar-refractivity contribution in [3.8, 4) is 0 Å². The molecule has 1 unspecified atom stereocenters. The van der Waals surface area contributed by atoms with Crippen LogP contribution in [0.2, 0.25) is 5.02 Å². The molecule has 0 aliphatic carbocycles. The number of pyridine rings is 1. The minimum atomic E-state index is -4.08. The monoisotopic (exact) mass is 587 g/mol. The second kappa shape index (κ2) is 11.7. The van der Waals surface area contributed by atoms with Crippen molar-refractivity contribution in [1.29, 1.82) is 0 Å². The van der Waals surface area contributed by atoms with Gasteiger partial charge in [-0.1, -0.05) is 23.7 Å². The fraction of sp³-hybridized carbons (Fsp3) is 0.370. The van der Waals surface area contributed by atoms with Crippen LogP contribution in [0.4, 0.5) is 5.69 Å². The molecule has 3 heterocycles. The molecule has 0 spiro atoms. The lowest BCUT2D eigenvalue weighted by Crippen LogP contribution is -2.66. The number of hydrogen-bond donors (Lipinski definition) is 2. The van der Waals surface area contributed by atoms with E-state index in [0.29, 0.717) is 42.0 Å². The van der Waals surface area contributed by atoms with E-state index in [1.54, 1.807) is 30.5 Å². The second-order valence-corrected chi connectivity index (χ2v) is 12.2. The van der Waals surface area contributed by atoms with E-state index >= 15 is 0 Å². The molecule has 13 heteroatoms. The van der Waals surface area contributed by atoms with Crippen molar-refractivity contribution in [2.24, 2.45) is 0 Å². The first-order valence-corrected chi connectivity index (χ1v) is 14.7. The number of nitrogens with one attached hydrogen (secondary N) is 1. The van der Waals surface area contributed by atoms with Gasteiger partial charge in [0.2, 0.25) is 10.0 Å². The number of anilines is 1. The number of fused-ring (bicyclic) bond motifs is 1. The molecule has 2 aromatic carbocycles. The van der Waals surface area contributed by atoms with Gasteiger partial charge in [-0.2, -0.15) is 4.31 Å². The number of aromatic nitrogens is 1. The summed E-state index contributed by atoms with van der Waals surface area (Å²) < 4.78 is 33.1. The minimum absolute atomic E-state index is 0.0213. The molecular weight excluding hydrogens is 558 g/mol. The Morgan fingerprint density at radius 1 is 1.12 bits per heavy atom. The number of aliphatic hydroxyl groups is 1. The van der Waals surface area contributed by atoms with Crippen molar-refractivity contribution in [3.05, 3.63) is 65.4 Å². The van der Waals surface area contributed by atoms with Gasteiger partial charge >= 0.3 is 5.97 Å². The number of nitrogens with zero attached hydrogens (tertiary/aromatic N) is 4. The molecule has 2 aliphatic heterocycles. The summed E-state index contributed by atoms with van der Waals surface area (Å²) in [5.74, 6) is -1.25. The van der Waals surface area contributed by atoms with E-state index in [9.17, 15) is 23.1 Å². The SMILES string of the molecule is COC(=O)C1CN(S(=O)(=O)c2ccc3cc(Cl)ccc3c2)CC(=O)N1NC1CCN(c2ccnc(CO)c2)CC1. The molecule has 0 radical (unpaired) electrons. The molecule has 3 aromatic rings. The van der Waals surface area contributed by atoms with Crippen LogP contribution in [-0.2, 0) is 31.0 Å². The molecule has 2 N–H and O–H groups in total. The summed E-state index contributed by atoms with van der Waals surface area (Å²) in [6.07, 6.45) is 3.01. The Hall–Kier alpha value is -3.29. The number of halogens is 1. The molecule has 2 saturated heterocycles. The van der Waals surface area contributed by atoms with Crippen LogP contribution in [0.5, 0.6) is 0 Å². The highest BCUT2D eigenvalue weighted by molar-refractivity contribution is 7.89. The number of aliphatic hydroxyl groups excluding tert-OH is 1. The van der Waals surface area contributed by atoms with E-state index in [1.165, 1.54) is 24.3 Å². The normalized spacial score (nSPS) is 19.3. The number of carbonyl (C=O) groups excluding carboxylic acids is 2. The van der Waals surface area contributed by atoms with Crippen molar-refractivity contribution >= 4 is 50.0 Å². The van der Waals surface area contributed by atoms with Crippen molar-refractivity contribution in [2.75, 3.05) is 38.2 Å². The number of piperazine rings is 1. The summed E-state index contributed by atoms with van der Waals surface area (Å²) in [5, 5.41) is 12.6. The summed E-state index contributed by atoms with van der Waals surface area (Å²) in [7, 11) is -2.87. The predicted octanol–water partition coefficient (Wildman–Crippen LogP) is 1.93. The number of hydrogen-bond acceptors (Lipinski definition) is 9. The van der Waals surface area contributed by atoms with E-state index in [0.717, 1.165) is 15.4 Å². The fourth-order valence-electron chi connectivity index (χ4n) is 5.12. The van der Waals surface area contributed by atoms with Gasteiger partial charge in [-0.15, -0.1) is 0 Å². The van der Waals surface area contributed by atoms with Gasteiger partial charge in [-0.3, -0.25) is 14.8 Å². The van der Waals surface area contributed by atoms with Crippen molar-refractivity contribution in [1.82, 2.24) is 19.7 Å². The lowest BCUT2D eigenvalue weighted by molar-refractivity contribution is -0.160. The molecule has 1 atom stereocenters. The molecule has 40 heavy (non-hydrogen) atoms. The van der Waals surface area contributed by atoms with Crippen LogP contribution in [0, 0.1) is 0 Å². The number of ether oxygens (including phenoxy) is 1. The van der Waals surface area contributed by atoms with Gasteiger partial charge in [-0.05, 0) is 60.0 Å². The number of carbonyl (C=O) groups is 2. The van der Waals surface area contributed by atoms with Crippen LogP contribution in [0.1, 0.15) is 18.5 Å². The number of sulfonamides is 1. The van der Waals surface area contributed by atoms with Gasteiger partial charge < -0.3 is 14.7 Å². The van der Waals surface area contributed by atoms with E-state index in [2.05, 4.69) is 15.3 Å². The zero-order chi connectivity index (χ0) is 28.4. The van der Waals surface area contributed by atoms with Crippen LogP contribution < -0.4 is 10.3 Å². The third-order valence-corrected chi connectivity index (χ3v) is 9.34. The Balaban J connectivity index is 1.29. The van der Waals surface area contributed by atoms with Crippen LogP contribution in [-0.4, -0.2) is 85.1 Å². The zero-order valence-corrected chi connectivity index (χ0v) is 23.4. The van der Waals surface area contributed by atoms with Crippen molar-refractivity contribution in [2.45, 2.75) is 36.4 Å².